The summed E-state index contributed by atoms with van der Waals surface area (Å²) in [6.45, 7) is 4.64. The highest BCUT2D eigenvalue weighted by Crippen LogP contribution is 2.25. The van der Waals surface area contributed by atoms with Gasteiger partial charge in [0.2, 0.25) is 5.91 Å². The molecule has 0 aliphatic carbocycles. The molecular formula is C19H26N4O3. The van der Waals surface area contributed by atoms with Crippen LogP contribution < -0.4 is 9.47 Å². The fraction of sp³-hybridized carbons (Fsp3) is 0.474. The molecule has 0 N–H and O–H groups in total. The second-order valence-corrected chi connectivity index (χ2v) is 6.35. The molecule has 1 amide bonds. The first kappa shape index (κ1) is 18.3. The Labute approximate surface area is 154 Å². The van der Waals surface area contributed by atoms with E-state index >= 15 is 0 Å². The summed E-state index contributed by atoms with van der Waals surface area (Å²) in [6, 6.07) is 7.72. The first-order valence-corrected chi connectivity index (χ1v) is 8.88. The van der Waals surface area contributed by atoms with E-state index in [4.69, 9.17) is 9.47 Å². The van der Waals surface area contributed by atoms with Crippen molar-refractivity contribution < 1.29 is 14.3 Å². The Hall–Kier alpha value is -2.54. The molecule has 2 aromatic rings. The predicted octanol–water partition coefficient (Wildman–Crippen LogP) is 1.63. The molecule has 1 fully saturated rings. The third kappa shape index (κ3) is 4.54. The van der Waals surface area contributed by atoms with Crippen molar-refractivity contribution in [3.63, 3.8) is 0 Å². The molecule has 0 radical (unpaired) electrons. The smallest absolute Gasteiger partial charge is 0.224 e. The standard InChI is InChI=1S/C19H26N4O3/c1-25-17-4-5-18(26-2)16(14-17)15-21-10-12-22(13-11-21)19(24)6-9-23-8-3-7-20-23/h3-5,7-8,14H,6,9-13,15H2,1-2H3. The maximum absolute atomic E-state index is 12.4. The second-order valence-electron chi connectivity index (χ2n) is 6.35. The molecule has 2 heterocycles. The van der Waals surface area contributed by atoms with Crippen molar-refractivity contribution in [2.45, 2.75) is 19.5 Å². The topological polar surface area (TPSA) is 59.8 Å². The summed E-state index contributed by atoms with van der Waals surface area (Å²) in [7, 11) is 3.35. The van der Waals surface area contributed by atoms with Crippen LogP contribution in [-0.4, -0.2) is 65.9 Å². The highest BCUT2D eigenvalue weighted by molar-refractivity contribution is 5.76. The van der Waals surface area contributed by atoms with E-state index < -0.39 is 0 Å². The van der Waals surface area contributed by atoms with E-state index in [0.717, 1.165) is 49.8 Å². The molecule has 0 saturated carbocycles. The number of benzene rings is 1. The molecule has 7 nitrogen and oxygen atoms in total. The fourth-order valence-corrected chi connectivity index (χ4v) is 3.20. The van der Waals surface area contributed by atoms with Crippen LogP contribution in [0.1, 0.15) is 12.0 Å². The number of piperazine rings is 1. The van der Waals surface area contributed by atoms with Crippen LogP contribution in [0.25, 0.3) is 0 Å². The minimum Gasteiger partial charge on any atom is -0.497 e. The number of carbonyl (C=O) groups excluding carboxylic acids is 1. The first-order valence-electron chi connectivity index (χ1n) is 8.88. The Balaban J connectivity index is 1.50. The lowest BCUT2D eigenvalue weighted by atomic mass is 10.1. The van der Waals surface area contributed by atoms with Crippen molar-refractivity contribution in [2.75, 3.05) is 40.4 Å². The zero-order chi connectivity index (χ0) is 18.4. The van der Waals surface area contributed by atoms with Crippen LogP contribution in [0.4, 0.5) is 0 Å². The molecule has 26 heavy (non-hydrogen) atoms. The molecule has 1 aliphatic rings. The Bertz CT molecular complexity index is 710. The van der Waals surface area contributed by atoms with E-state index in [2.05, 4.69) is 10.00 Å². The number of amides is 1. The molecular weight excluding hydrogens is 332 g/mol. The number of rotatable bonds is 7. The van der Waals surface area contributed by atoms with Crippen LogP contribution in [0.15, 0.2) is 36.7 Å². The van der Waals surface area contributed by atoms with Gasteiger partial charge < -0.3 is 14.4 Å². The molecule has 1 aliphatic heterocycles. The lowest BCUT2D eigenvalue weighted by Gasteiger charge is -2.35. The zero-order valence-corrected chi connectivity index (χ0v) is 15.4. The van der Waals surface area contributed by atoms with Gasteiger partial charge in [0.15, 0.2) is 0 Å². The Morgan fingerprint density at radius 3 is 2.62 bits per heavy atom. The van der Waals surface area contributed by atoms with Gasteiger partial charge in [-0.25, -0.2) is 0 Å². The lowest BCUT2D eigenvalue weighted by Crippen LogP contribution is -2.48. The fourth-order valence-electron chi connectivity index (χ4n) is 3.20. The van der Waals surface area contributed by atoms with Gasteiger partial charge in [-0.05, 0) is 24.3 Å². The quantitative estimate of drug-likeness (QED) is 0.753. The SMILES string of the molecule is COc1ccc(OC)c(CN2CCN(C(=O)CCn3cccn3)CC2)c1. The van der Waals surface area contributed by atoms with Crippen molar-refractivity contribution in [3.05, 3.63) is 42.2 Å². The first-order chi connectivity index (χ1) is 12.7. The van der Waals surface area contributed by atoms with Crippen molar-refractivity contribution >= 4 is 5.91 Å². The largest absolute Gasteiger partial charge is 0.497 e. The van der Waals surface area contributed by atoms with E-state index in [1.165, 1.54) is 0 Å². The molecule has 1 saturated heterocycles. The third-order valence-electron chi connectivity index (χ3n) is 4.72. The van der Waals surface area contributed by atoms with Crippen molar-refractivity contribution in [2.24, 2.45) is 0 Å². The highest BCUT2D eigenvalue weighted by atomic mass is 16.5. The van der Waals surface area contributed by atoms with Gasteiger partial charge in [0, 0.05) is 63.6 Å². The third-order valence-corrected chi connectivity index (χ3v) is 4.72. The minimum absolute atomic E-state index is 0.194. The Kier molecular flexibility index (Phi) is 6.12. The van der Waals surface area contributed by atoms with Crippen LogP contribution in [0, 0.1) is 0 Å². The van der Waals surface area contributed by atoms with Crippen molar-refractivity contribution in [1.82, 2.24) is 19.6 Å². The summed E-state index contributed by atoms with van der Waals surface area (Å²) in [5, 5.41) is 4.14. The molecule has 140 valence electrons. The van der Waals surface area contributed by atoms with Gasteiger partial charge in [-0.2, -0.15) is 5.10 Å². The van der Waals surface area contributed by atoms with Crippen molar-refractivity contribution in [3.8, 4) is 11.5 Å². The molecule has 0 unspecified atom stereocenters. The Morgan fingerprint density at radius 2 is 1.96 bits per heavy atom. The zero-order valence-electron chi connectivity index (χ0n) is 15.4. The van der Waals surface area contributed by atoms with E-state index in [1.807, 2.05) is 35.4 Å². The van der Waals surface area contributed by atoms with Crippen LogP contribution >= 0.6 is 0 Å². The van der Waals surface area contributed by atoms with Gasteiger partial charge in [-0.1, -0.05) is 0 Å². The van der Waals surface area contributed by atoms with E-state index in [9.17, 15) is 4.79 Å². The average Bonchev–Trinajstić information content (AvgIpc) is 3.20. The number of aromatic nitrogens is 2. The normalized spacial score (nSPS) is 15.1. The summed E-state index contributed by atoms with van der Waals surface area (Å²) in [4.78, 5) is 16.7. The average molecular weight is 358 g/mol. The molecule has 1 aromatic heterocycles. The molecule has 0 bridgehead atoms. The maximum atomic E-state index is 12.4. The molecule has 0 spiro atoms. The number of methoxy groups -OCH3 is 2. The summed E-state index contributed by atoms with van der Waals surface area (Å²) >= 11 is 0. The van der Waals surface area contributed by atoms with E-state index in [-0.39, 0.29) is 5.91 Å². The van der Waals surface area contributed by atoms with Crippen LogP contribution in [-0.2, 0) is 17.9 Å². The van der Waals surface area contributed by atoms with E-state index in [1.54, 1.807) is 25.1 Å². The Morgan fingerprint density at radius 1 is 1.15 bits per heavy atom. The number of ether oxygens (including phenoxy) is 2. The summed E-state index contributed by atoms with van der Waals surface area (Å²) in [5.74, 6) is 1.89. The van der Waals surface area contributed by atoms with Gasteiger partial charge in [0.25, 0.3) is 0 Å². The summed E-state index contributed by atoms with van der Waals surface area (Å²) in [6.07, 6.45) is 4.11. The van der Waals surface area contributed by atoms with Crippen LogP contribution in [0.5, 0.6) is 11.5 Å². The number of carbonyl (C=O) groups is 1. The van der Waals surface area contributed by atoms with Gasteiger partial charge in [0.1, 0.15) is 11.5 Å². The van der Waals surface area contributed by atoms with Crippen molar-refractivity contribution in [1.29, 1.82) is 0 Å². The van der Waals surface area contributed by atoms with Crippen LogP contribution in [0.3, 0.4) is 0 Å². The van der Waals surface area contributed by atoms with Gasteiger partial charge in [-0.3, -0.25) is 14.4 Å². The molecule has 1 aromatic carbocycles. The monoisotopic (exact) mass is 358 g/mol. The number of nitrogens with zero attached hydrogens (tertiary/aromatic N) is 4. The number of hydrogen-bond donors (Lipinski definition) is 0. The molecule has 3 rings (SSSR count). The lowest BCUT2D eigenvalue weighted by molar-refractivity contribution is -0.133. The predicted molar refractivity (Wildman–Crippen MR) is 98.2 cm³/mol. The maximum Gasteiger partial charge on any atom is 0.224 e. The van der Waals surface area contributed by atoms with E-state index in [0.29, 0.717) is 13.0 Å². The summed E-state index contributed by atoms with van der Waals surface area (Å²) in [5.41, 5.74) is 1.10. The summed E-state index contributed by atoms with van der Waals surface area (Å²) < 4.78 is 12.6. The number of aryl methyl sites for hydroxylation is 1. The van der Waals surface area contributed by atoms with Gasteiger partial charge in [0.05, 0.1) is 14.2 Å². The highest BCUT2D eigenvalue weighted by Gasteiger charge is 2.21. The minimum atomic E-state index is 0.194. The molecule has 7 heteroatoms. The second kappa shape index (κ2) is 8.71. The van der Waals surface area contributed by atoms with Crippen LogP contribution in [0.2, 0.25) is 0 Å². The van der Waals surface area contributed by atoms with Gasteiger partial charge >= 0.3 is 0 Å². The van der Waals surface area contributed by atoms with Gasteiger partial charge in [-0.15, -0.1) is 0 Å². The number of hydrogen-bond acceptors (Lipinski definition) is 5. The molecule has 0 atom stereocenters.